The van der Waals surface area contributed by atoms with Gasteiger partial charge in [0.05, 0.1) is 11.7 Å². The molecule has 2 aliphatic rings. The van der Waals surface area contributed by atoms with E-state index in [4.69, 9.17) is 0 Å². The molecule has 1 aromatic heterocycles. The number of likely N-dealkylation sites (tertiary alicyclic amines) is 1. The minimum absolute atomic E-state index is 0.185. The monoisotopic (exact) mass is 407 g/mol. The van der Waals surface area contributed by atoms with Crippen LogP contribution in [0.15, 0.2) is 29.8 Å². The van der Waals surface area contributed by atoms with Crippen LogP contribution in [0.4, 0.5) is 0 Å². The molecule has 0 bridgehead atoms. The lowest BCUT2D eigenvalue weighted by Gasteiger charge is -2.35. The standard InChI is InChI=1S/C25H37N5/c1-18(2)21-12-14-22(15-13-21)24(29-16-7-5-6-8-17-29)25-26-27-28-30(25)23-19(3)10-9-11-20(23)4/h9-11,14,18,21,24H,5-8,12-13,15-17H2,1-4H3. The van der Waals surface area contributed by atoms with Crippen molar-refractivity contribution in [2.45, 2.75) is 78.7 Å². The van der Waals surface area contributed by atoms with E-state index in [1.807, 2.05) is 4.68 Å². The summed E-state index contributed by atoms with van der Waals surface area (Å²) in [4.78, 5) is 2.66. The lowest BCUT2D eigenvalue weighted by Crippen LogP contribution is -2.34. The van der Waals surface area contributed by atoms with Gasteiger partial charge in [0, 0.05) is 0 Å². The fourth-order valence-corrected chi connectivity index (χ4v) is 5.31. The van der Waals surface area contributed by atoms with E-state index in [0.717, 1.165) is 42.9 Å². The molecule has 0 spiro atoms. The van der Waals surface area contributed by atoms with E-state index in [-0.39, 0.29) is 6.04 Å². The minimum Gasteiger partial charge on any atom is -0.290 e. The molecule has 1 aliphatic heterocycles. The average molecular weight is 408 g/mol. The maximum absolute atomic E-state index is 4.63. The number of allylic oxidation sites excluding steroid dienone is 1. The molecule has 4 rings (SSSR count). The van der Waals surface area contributed by atoms with Crippen LogP contribution >= 0.6 is 0 Å². The molecule has 5 nitrogen and oxygen atoms in total. The van der Waals surface area contributed by atoms with Gasteiger partial charge in [0.1, 0.15) is 0 Å². The number of hydrogen-bond acceptors (Lipinski definition) is 4. The second-order valence-electron chi connectivity index (χ2n) is 9.60. The molecule has 1 fully saturated rings. The highest BCUT2D eigenvalue weighted by atomic mass is 15.6. The molecule has 1 aromatic carbocycles. The highest BCUT2D eigenvalue weighted by molar-refractivity contribution is 5.47. The summed E-state index contributed by atoms with van der Waals surface area (Å²) >= 11 is 0. The Morgan fingerprint density at radius 3 is 2.30 bits per heavy atom. The summed E-state index contributed by atoms with van der Waals surface area (Å²) in [6.45, 7) is 11.3. The lowest BCUT2D eigenvalue weighted by molar-refractivity contribution is 0.210. The van der Waals surface area contributed by atoms with E-state index in [1.165, 1.54) is 55.2 Å². The zero-order valence-corrected chi connectivity index (χ0v) is 19.1. The van der Waals surface area contributed by atoms with Crippen LogP contribution in [-0.2, 0) is 0 Å². The Kier molecular flexibility index (Phi) is 6.67. The number of para-hydroxylation sites is 1. The zero-order chi connectivity index (χ0) is 21.1. The number of aromatic nitrogens is 4. The van der Waals surface area contributed by atoms with Crippen LogP contribution < -0.4 is 0 Å². The molecule has 0 radical (unpaired) electrons. The molecule has 1 aliphatic carbocycles. The SMILES string of the molecule is Cc1cccc(C)c1-n1nnnc1C(C1=CCC(C(C)C)CC1)N1CCCCCC1. The third-order valence-electron chi connectivity index (χ3n) is 7.18. The molecular formula is C25H37N5. The van der Waals surface area contributed by atoms with Crippen molar-refractivity contribution >= 4 is 0 Å². The zero-order valence-electron chi connectivity index (χ0n) is 19.1. The molecule has 1 saturated heterocycles. The average Bonchev–Trinajstić information content (AvgIpc) is 3.03. The van der Waals surface area contributed by atoms with Gasteiger partial charge in [-0.2, -0.15) is 4.68 Å². The third kappa shape index (κ3) is 4.36. The summed E-state index contributed by atoms with van der Waals surface area (Å²) in [5.74, 6) is 2.54. The second-order valence-corrected chi connectivity index (χ2v) is 9.60. The van der Waals surface area contributed by atoms with Gasteiger partial charge in [0.2, 0.25) is 0 Å². The quantitative estimate of drug-likeness (QED) is 0.607. The van der Waals surface area contributed by atoms with Gasteiger partial charge in [-0.3, -0.25) is 4.90 Å². The van der Waals surface area contributed by atoms with Gasteiger partial charge >= 0.3 is 0 Å². The highest BCUT2D eigenvalue weighted by Gasteiger charge is 2.32. The Hall–Kier alpha value is -2.01. The summed E-state index contributed by atoms with van der Waals surface area (Å²) in [6, 6.07) is 6.61. The molecule has 2 heterocycles. The van der Waals surface area contributed by atoms with Crippen molar-refractivity contribution in [1.82, 2.24) is 25.1 Å². The summed E-state index contributed by atoms with van der Waals surface area (Å²) in [5, 5.41) is 13.3. The molecule has 162 valence electrons. The fourth-order valence-electron chi connectivity index (χ4n) is 5.31. The van der Waals surface area contributed by atoms with Crippen molar-refractivity contribution in [3.8, 4) is 5.69 Å². The predicted octanol–water partition coefficient (Wildman–Crippen LogP) is 5.58. The number of tetrazole rings is 1. The van der Waals surface area contributed by atoms with Crippen LogP contribution in [0, 0.1) is 25.7 Å². The van der Waals surface area contributed by atoms with Crippen LogP contribution in [0.1, 0.15) is 81.8 Å². The number of hydrogen-bond donors (Lipinski definition) is 0. The first kappa shape index (κ1) is 21.2. The maximum Gasteiger partial charge on any atom is 0.177 e. The minimum atomic E-state index is 0.185. The van der Waals surface area contributed by atoms with Gasteiger partial charge in [-0.15, -0.1) is 5.10 Å². The molecule has 5 heteroatoms. The smallest absolute Gasteiger partial charge is 0.177 e. The normalized spacial score (nSPS) is 22.0. The van der Waals surface area contributed by atoms with E-state index in [9.17, 15) is 0 Å². The predicted molar refractivity (Wildman–Crippen MR) is 122 cm³/mol. The van der Waals surface area contributed by atoms with E-state index in [1.54, 1.807) is 0 Å². The Morgan fingerprint density at radius 2 is 1.70 bits per heavy atom. The molecule has 0 amide bonds. The molecule has 0 saturated carbocycles. The van der Waals surface area contributed by atoms with Crippen molar-refractivity contribution in [1.29, 1.82) is 0 Å². The maximum atomic E-state index is 4.63. The largest absolute Gasteiger partial charge is 0.290 e. The summed E-state index contributed by atoms with van der Waals surface area (Å²) in [5.41, 5.74) is 5.09. The van der Waals surface area contributed by atoms with Crippen LogP contribution in [0.5, 0.6) is 0 Å². The summed E-state index contributed by atoms with van der Waals surface area (Å²) in [6.07, 6.45) is 11.3. The summed E-state index contributed by atoms with van der Waals surface area (Å²) in [7, 11) is 0. The number of rotatable bonds is 5. The first-order chi connectivity index (χ1) is 14.6. The Bertz CT molecular complexity index is 853. The topological polar surface area (TPSA) is 46.8 Å². The van der Waals surface area contributed by atoms with Gasteiger partial charge in [0.15, 0.2) is 5.82 Å². The van der Waals surface area contributed by atoms with Crippen molar-refractivity contribution in [2.24, 2.45) is 11.8 Å². The van der Waals surface area contributed by atoms with E-state index in [0.29, 0.717) is 0 Å². The molecule has 0 N–H and O–H groups in total. The van der Waals surface area contributed by atoms with Gasteiger partial charge in [0.25, 0.3) is 0 Å². The van der Waals surface area contributed by atoms with Crippen molar-refractivity contribution in [2.75, 3.05) is 13.1 Å². The van der Waals surface area contributed by atoms with E-state index in [2.05, 4.69) is 72.4 Å². The molecule has 2 aromatic rings. The van der Waals surface area contributed by atoms with Gasteiger partial charge < -0.3 is 0 Å². The Balaban J connectivity index is 1.75. The highest BCUT2D eigenvalue weighted by Crippen LogP contribution is 2.39. The second kappa shape index (κ2) is 9.42. The first-order valence-electron chi connectivity index (χ1n) is 11.8. The summed E-state index contributed by atoms with van der Waals surface area (Å²) < 4.78 is 2.02. The van der Waals surface area contributed by atoms with Gasteiger partial charge in [-0.1, -0.05) is 51.0 Å². The van der Waals surface area contributed by atoms with Crippen LogP contribution in [0.3, 0.4) is 0 Å². The molecule has 30 heavy (non-hydrogen) atoms. The van der Waals surface area contributed by atoms with Gasteiger partial charge in [-0.05, 0) is 98.0 Å². The number of aryl methyl sites for hydroxylation is 2. The fraction of sp³-hybridized carbons (Fsp3) is 0.640. The van der Waals surface area contributed by atoms with Crippen molar-refractivity contribution < 1.29 is 0 Å². The molecule has 2 atom stereocenters. The van der Waals surface area contributed by atoms with E-state index >= 15 is 0 Å². The third-order valence-corrected chi connectivity index (χ3v) is 7.18. The van der Waals surface area contributed by atoms with Crippen LogP contribution in [-0.4, -0.2) is 38.2 Å². The van der Waals surface area contributed by atoms with Crippen LogP contribution in [0.2, 0.25) is 0 Å². The van der Waals surface area contributed by atoms with Crippen LogP contribution in [0.25, 0.3) is 5.69 Å². The first-order valence-corrected chi connectivity index (χ1v) is 11.8. The van der Waals surface area contributed by atoms with E-state index < -0.39 is 0 Å². The Labute approximate surface area is 181 Å². The number of nitrogens with zero attached hydrogens (tertiary/aromatic N) is 5. The lowest BCUT2D eigenvalue weighted by atomic mass is 9.80. The number of benzene rings is 1. The van der Waals surface area contributed by atoms with Crippen molar-refractivity contribution in [3.63, 3.8) is 0 Å². The van der Waals surface area contributed by atoms with Crippen molar-refractivity contribution in [3.05, 3.63) is 46.8 Å². The molecular weight excluding hydrogens is 370 g/mol. The Morgan fingerprint density at radius 1 is 1.00 bits per heavy atom. The molecule has 2 unspecified atom stereocenters. The van der Waals surface area contributed by atoms with Gasteiger partial charge in [-0.25, -0.2) is 0 Å².